The van der Waals surface area contributed by atoms with E-state index in [0.717, 1.165) is 17.4 Å². The van der Waals surface area contributed by atoms with Crippen molar-refractivity contribution in [2.45, 2.75) is 38.7 Å². The van der Waals surface area contributed by atoms with Crippen molar-refractivity contribution in [3.05, 3.63) is 18.5 Å². The number of hydrogen-bond acceptors (Lipinski definition) is 3. The molecule has 2 rings (SSSR count). The molecule has 3 heteroatoms. The molecule has 0 saturated heterocycles. The molecule has 88 valence electrons. The zero-order valence-corrected chi connectivity index (χ0v) is 10.1. The minimum atomic E-state index is 0.373. The van der Waals surface area contributed by atoms with Crippen molar-refractivity contribution in [2.75, 3.05) is 12.4 Å². The van der Waals surface area contributed by atoms with Gasteiger partial charge in [0.25, 0.3) is 0 Å². The van der Waals surface area contributed by atoms with Crippen LogP contribution >= 0.6 is 0 Å². The highest BCUT2D eigenvalue weighted by Crippen LogP contribution is 2.27. The number of rotatable bonds is 3. The summed E-state index contributed by atoms with van der Waals surface area (Å²) in [5.74, 6) is 1.67. The maximum Gasteiger partial charge on any atom is 0.140 e. The van der Waals surface area contributed by atoms with Crippen LogP contribution in [0.5, 0.6) is 5.75 Å². The highest BCUT2D eigenvalue weighted by molar-refractivity contribution is 5.44. The standard InChI is InChI=1S/C13H20N2O/c1-10-4-3-5-12(6-10)16-13-7-11(14-2)8-15-9-13/h7-10,12,14H,3-6H2,1-2H3. The smallest absolute Gasteiger partial charge is 0.140 e. The zero-order valence-electron chi connectivity index (χ0n) is 10.1. The van der Waals surface area contributed by atoms with Gasteiger partial charge in [-0.3, -0.25) is 4.98 Å². The van der Waals surface area contributed by atoms with Gasteiger partial charge < -0.3 is 10.1 Å². The quantitative estimate of drug-likeness (QED) is 0.850. The van der Waals surface area contributed by atoms with Crippen LogP contribution in [0.2, 0.25) is 0 Å². The van der Waals surface area contributed by atoms with Crippen LogP contribution in [0.4, 0.5) is 5.69 Å². The van der Waals surface area contributed by atoms with Crippen LogP contribution in [-0.4, -0.2) is 18.1 Å². The van der Waals surface area contributed by atoms with Crippen LogP contribution in [0.25, 0.3) is 0 Å². The fraction of sp³-hybridized carbons (Fsp3) is 0.615. The minimum absolute atomic E-state index is 0.373. The fourth-order valence-electron chi connectivity index (χ4n) is 2.30. The van der Waals surface area contributed by atoms with E-state index in [-0.39, 0.29) is 0 Å². The van der Waals surface area contributed by atoms with Crippen molar-refractivity contribution in [1.82, 2.24) is 4.98 Å². The van der Waals surface area contributed by atoms with Crippen LogP contribution in [-0.2, 0) is 0 Å². The molecule has 1 aromatic heterocycles. The summed E-state index contributed by atoms with van der Waals surface area (Å²) < 4.78 is 5.97. The van der Waals surface area contributed by atoms with E-state index in [1.165, 1.54) is 25.7 Å². The number of nitrogens with zero attached hydrogens (tertiary/aromatic N) is 1. The van der Waals surface area contributed by atoms with E-state index in [0.29, 0.717) is 6.10 Å². The Hall–Kier alpha value is -1.25. The SMILES string of the molecule is CNc1cncc(OC2CCCC(C)C2)c1. The van der Waals surface area contributed by atoms with Crippen LogP contribution < -0.4 is 10.1 Å². The average molecular weight is 220 g/mol. The van der Waals surface area contributed by atoms with Crippen molar-refractivity contribution in [3.8, 4) is 5.75 Å². The molecule has 3 nitrogen and oxygen atoms in total. The Balaban J connectivity index is 1.97. The number of ether oxygens (including phenoxy) is 1. The second-order valence-corrected chi connectivity index (χ2v) is 4.67. The lowest BCUT2D eigenvalue weighted by Crippen LogP contribution is -2.24. The Labute approximate surface area is 97.2 Å². The monoisotopic (exact) mass is 220 g/mol. The first kappa shape index (κ1) is 11.2. The van der Waals surface area contributed by atoms with E-state index in [2.05, 4.69) is 17.2 Å². The lowest BCUT2D eigenvalue weighted by molar-refractivity contribution is 0.129. The summed E-state index contributed by atoms with van der Waals surface area (Å²) in [6.45, 7) is 2.30. The van der Waals surface area contributed by atoms with Gasteiger partial charge in [-0.05, 0) is 25.2 Å². The highest BCUT2D eigenvalue weighted by Gasteiger charge is 2.20. The third-order valence-corrected chi connectivity index (χ3v) is 3.19. The molecule has 1 aliphatic rings. The Morgan fingerprint density at radius 1 is 1.38 bits per heavy atom. The van der Waals surface area contributed by atoms with Gasteiger partial charge in [-0.1, -0.05) is 13.3 Å². The van der Waals surface area contributed by atoms with Gasteiger partial charge in [0.05, 0.1) is 24.2 Å². The van der Waals surface area contributed by atoms with Gasteiger partial charge in [-0.2, -0.15) is 0 Å². The molecule has 0 aromatic carbocycles. The van der Waals surface area contributed by atoms with Crippen molar-refractivity contribution >= 4 is 5.69 Å². The number of nitrogens with one attached hydrogen (secondary N) is 1. The van der Waals surface area contributed by atoms with E-state index >= 15 is 0 Å². The predicted octanol–water partition coefficient (Wildman–Crippen LogP) is 3.08. The second-order valence-electron chi connectivity index (χ2n) is 4.67. The van der Waals surface area contributed by atoms with Gasteiger partial charge in [0.2, 0.25) is 0 Å². The Bertz CT molecular complexity index is 340. The molecule has 0 aliphatic heterocycles. The largest absolute Gasteiger partial charge is 0.489 e. The van der Waals surface area contributed by atoms with E-state index in [4.69, 9.17) is 4.74 Å². The first-order chi connectivity index (χ1) is 7.78. The van der Waals surface area contributed by atoms with Crippen molar-refractivity contribution in [2.24, 2.45) is 5.92 Å². The summed E-state index contributed by atoms with van der Waals surface area (Å²) in [7, 11) is 1.89. The summed E-state index contributed by atoms with van der Waals surface area (Å²) in [4.78, 5) is 4.15. The molecule has 0 bridgehead atoms. The molecule has 16 heavy (non-hydrogen) atoms. The van der Waals surface area contributed by atoms with E-state index in [1.54, 1.807) is 12.4 Å². The molecule has 1 N–H and O–H groups in total. The molecule has 0 radical (unpaired) electrons. The third kappa shape index (κ3) is 2.87. The number of hydrogen-bond donors (Lipinski definition) is 1. The molecule has 1 aromatic rings. The molecule has 1 saturated carbocycles. The molecule has 1 fully saturated rings. The van der Waals surface area contributed by atoms with E-state index in [9.17, 15) is 0 Å². The van der Waals surface area contributed by atoms with Gasteiger partial charge in [-0.15, -0.1) is 0 Å². The maximum absolute atomic E-state index is 5.97. The van der Waals surface area contributed by atoms with Crippen molar-refractivity contribution in [1.29, 1.82) is 0 Å². The highest BCUT2D eigenvalue weighted by atomic mass is 16.5. The predicted molar refractivity (Wildman–Crippen MR) is 65.8 cm³/mol. The molecule has 2 unspecified atom stereocenters. The van der Waals surface area contributed by atoms with Gasteiger partial charge in [0.1, 0.15) is 5.75 Å². The van der Waals surface area contributed by atoms with Crippen LogP contribution in [0.1, 0.15) is 32.6 Å². The lowest BCUT2D eigenvalue weighted by Gasteiger charge is -2.27. The lowest BCUT2D eigenvalue weighted by atomic mass is 9.89. The molecule has 1 heterocycles. The van der Waals surface area contributed by atoms with E-state index in [1.807, 2.05) is 13.1 Å². The summed E-state index contributed by atoms with van der Waals surface area (Å²) in [6, 6.07) is 2.01. The van der Waals surface area contributed by atoms with Crippen LogP contribution in [0.3, 0.4) is 0 Å². The molecular weight excluding hydrogens is 200 g/mol. The topological polar surface area (TPSA) is 34.2 Å². The fourth-order valence-corrected chi connectivity index (χ4v) is 2.30. The molecule has 0 amide bonds. The normalized spacial score (nSPS) is 25.1. The third-order valence-electron chi connectivity index (χ3n) is 3.19. The maximum atomic E-state index is 5.97. The minimum Gasteiger partial charge on any atom is -0.489 e. The number of anilines is 1. The van der Waals surface area contributed by atoms with Crippen LogP contribution in [0.15, 0.2) is 18.5 Å². The Morgan fingerprint density at radius 2 is 2.25 bits per heavy atom. The van der Waals surface area contributed by atoms with Gasteiger partial charge in [0, 0.05) is 13.1 Å². The zero-order chi connectivity index (χ0) is 11.4. The van der Waals surface area contributed by atoms with E-state index < -0.39 is 0 Å². The number of aromatic nitrogens is 1. The van der Waals surface area contributed by atoms with Crippen molar-refractivity contribution in [3.63, 3.8) is 0 Å². The molecular formula is C13H20N2O. The first-order valence-corrected chi connectivity index (χ1v) is 6.07. The number of pyridine rings is 1. The average Bonchev–Trinajstić information content (AvgIpc) is 2.29. The van der Waals surface area contributed by atoms with Crippen LogP contribution in [0, 0.1) is 5.92 Å². The van der Waals surface area contributed by atoms with Gasteiger partial charge >= 0.3 is 0 Å². The summed E-state index contributed by atoms with van der Waals surface area (Å²) in [5.41, 5.74) is 1.00. The summed E-state index contributed by atoms with van der Waals surface area (Å²) in [5, 5.41) is 3.07. The summed E-state index contributed by atoms with van der Waals surface area (Å²) >= 11 is 0. The summed E-state index contributed by atoms with van der Waals surface area (Å²) in [6.07, 6.45) is 8.94. The first-order valence-electron chi connectivity index (χ1n) is 6.07. The molecule has 1 aliphatic carbocycles. The molecule has 0 spiro atoms. The Kier molecular flexibility index (Phi) is 3.65. The second kappa shape index (κ2) is 5.19. The molecule has 2 atom stereocenters. The Morgan fingerprint density at radius 3 is 3.00 bits per heavy atom. The van der Waals surface area contributed by atoms with Gasteiger partial charge in [-0.25, -0.2) is 0 Å². The van der Waals surface area contributed by atoms with Crippen molar-refractivity contribution < 1.29 is 4.74 Å². The van der Waals surface area contributed by atoms with Gasteiger partial charge in [0.15, 0.2) is 0 Å².